The number of aromatic nitrogens is 3. The molecule has 9 heavy (non-hydrogen) atoms. The second-order valence-electron chi connectivity index (χ2n) is 2.09. The lowest BCUT2D eigenvalue weighted by molar-refractivity contribution is 0.537. The molecule has 0 amide bonds. The van der Waals surface area contributed by atoms with Gasteiger partial charge in [-0.1, -0.05) is 0 Å². The van der Waals surface area contributed by atoms with Crippen molar-refractivity contribution >= 4 is 0 Å². The first-order chi connectivity index (χ1) is 4.29. The van der Waals surface area contributed by atoms with Crippen molar-refractivity contribution in [3.63, 3.8) is 0 Å². The van der Waals surface area contributed by atoms with Crippen molar-refractivity contribution in [2.45, 2.75) is 19.5 Å². The summed E-state index contributed by atoms with van der Waals surface area (Å²) in [5.74, 6) is 0. The van der Waals surface area contributed by atoms with Crippen LogP contribution in [0.2, 0.25) is 0 Å². The van der Waals surface area contributed by atoms with E-state index in [1.165, 1.54) is 6.33 Å². The molecule has 0 bridgehead atoms. The molecule has 4 nitrogen and oxygen atoms in total. The van der Waals surface area contributed by atoms with E-state index in [9.17, 15) is 0 Å². The molecule has 1 aromatic rings. The van der Waals surface area contributed by atoms with Gasteiger partial charge in [-0.2, -0.15) is 5.10 Å². The topological polar surface area (TPSA) is 56.7 Å². The van der Waals surface area contributed by atoms with Gasteiger partial charge in [0.25, 0.3) is 0 Å². The van der Waals surface area contributed by atoms with Crippen LogP contribution in [-0.4, -0.2) is 20.8 Å². The van der Waals surface area contributed by atoms with Gasteiger partial charge in [-0.3, -0.25) is 4.68 Å². The van der Waals surface area contributed by atoms with Crippen molar-refractivity contribution in [1.29, 1.82) is 0 Å². The summed E-state index contributed by atoms with van der Waals surface area (Å²) < 4.78 is 1.71. The maximum Gasteiger partial charge on any atom is 0.137 e. The van der Waals surface area contributed by atoms with Crippen molar-refractivity contribution in [2.24, 2.45) is 5.73 Å². The van der Waals surface area contributed by atoms with Crippen molar-refractivity contribution < 1.29 is 0 Å². The molecule has 1 rings (SSSR count). The third-order valence-electron chi connectivity index (χ3n) is 0.942. The van der Waals surface area contributed by atoms with E-state index in [1.807, 2.05) is 6.92 Å². The van der Waals surface area contributed by atoms with E-state index in [4.69, 9.17) is 5.73 Å². The summed E-state index contributed by atoms with van der Waals surface area (Å²) in [5.41, 5.74) is 5.50. The Balaban J connectivity index is 2.48. The second-order valence-corrected chi connectivity index (χ2v) is 2.09. The summed E-state index contributed by atoms with van der Waals surface area (Å²) in [7, 11) is 0. The highest BCUT2D eigenvalue weighted by molar-refractivity contribution is 4.59. The first-order valence-electron chi connectivity index (χ1n) is 2.87. The van der Waals surface area contributed by atoms with E-state index in [1.54, 1.807) is 11.0 Å². The normalized spacial score (nSPS) is 13.6. The smallest absolute Gasteiger partial charge is 0.137 e. The highest BCUT2D eigenvalue weighted by Gasteiger charge is 1.93. The Labute approximate surface area is 53.7 Å². The van der Waals surface area contributed by atoms with Gasteiger partial charge in [0.1, 0.15) is 12.7 Å². The zero-order valence-corrected chi connectivity index (χ0v) is 5.36. The van der Waals surface area contributed by atoms with Gasteiger partial charge in [-0.15, -0.1) is 0 Å². The van der Waals surface area contributed by atoms with E-state index in [0.717, 1.165) is 6.54 Å². The van der Waals surface area contributed by atoms with Crippen LogP contribution in [0.4, 0.5) is 0 Å². The largest absolute Gasteiger partial charge is 0.326 e. The number of hydrogen-bond donors (Lipinski definition) is 1. The molecule has 1 unspecified atom stereocenters. The lowest BCUT2D eigenvalue weighted by Crippen LogP contribution is -2.22. The molecule has 1 heterocycles. The van der Waals surface area contributed by atoms with Crippen LogP contribution in [0.1, 0.15) is 6.92 Å². The van der Waals surface area contributed by atoms with Crippen LogP contribution in [0, 0.1) is 0 Å². The van der Waals surface area contributed by atoms with Gasteiger partial charge in [0.05, 0.1) is 6.54 Å². The van der Waals surface area contributed by atoms with Gasteiger partial charge in [-0.25, -0.2) is 4.98 Å². The fourth-order valence-electron chi connectivity index (χ4n) is 0.622. The molecule has 50 valence electrons. The molecular formula is C5H10N4. The Bertz CT molecular complexity index is 155. The third-order valence-corrected chi connectivity index (χ3v) is 0.942. The minimum absolute atomic E-state index is 0.145. The maximum atomic E-state index is 5.50. The second kappa shape index (κ2) is 2.59. The first kappa shape index (κ1) is 6.22. The summed E-state index contributed by atoms with van der Waals surface area (Å²) in [6.45, 7) is 2.67. The van der Waals surface area contributed by atoms with Gasteiger partial charge >= 0.3 is 0 Å². The van der Waals surface area contributed by atoms with Crippen LogP contribution in [-0.2, 0) is 6.54 Å². The molecule has 0 aliphatic rings. The molecule has 1 aromatic heterocycles. The maximum absolute atomic E-state index is 5.50. The van der Waals surface area contributed by atoms with Gasteiger partial charge in [0.15, 0.2) is 0 Å². The van der Waals surface area contributed by atoms with E-state index >= 15 is 0 Å². The number of rotatable bonds is 2. The van der Waals surface area contributed by atoms with Crippen LogP contribution < -0.4 is 5.73 Å². The predicted molar refractivity (Wildman–Crippen MR) is 33.7 cm³/mol. The monoisotopic (exact) mass is 126 g/mol. The molecule has 2 N–H and O–H groups in total. The molecule has 0 saturated heterocycles. The molecule has 4 heteroatoms. The fraction of sp³-hybridized carbons (Fsp3) is 0.600. The number of hydrogen-bond acceptors (Lipinski definition) is 3. The Morgan fingerprint density at radius 1 is 1.78 bits per heavy atom. The zero-order valence-electron chi connectivity index (χ0n) is 5.36. The molecule has 1 atom stereocenters. The average molecular weight is 126 g/mol. The molecular weight excluding hydrogens is 116 g/mol. The first-order valence-corrected chi connectivity index (χ1v) is 2.87. The Morgan fingerprint density at radius 2 is 2.56 bits per heavy atom. The fourth-order valence-corrected chi connectivity index (χ4v) is 0.622. The van der Waals surface area contributed by atoms with Crippen LogP contribution in [0.5, 0.6) is 0 Å². The van der Waals surface area contributed by atoms with Crippen molar-refractivity contribution in [3.8, 4) is 0 Å². The van der Waals surface area contributed by atoms with Crippen LogP contribution in [0.3, 0.4) is 0 Å². The Kier molecular flexibility index (Phi) is 1.79. The van der Waals surface area contributed by atoms with E-state index in [0.29, 0.717) is 0 Å². The third kappa shape index (κ3) is 1.81. The standard InChI is InChI=1S/C5H10N4/c1-5(6)2-9-4-7-3-8-9/h3-5H,2,6H2,1H3. The lowest BCUT2D eigenvalue weighted by Gasteiger charge is -2.01. The highest BCUT2D eigenvalue weighted by Crippen LogP contribution is 1.82. The average Bonchev–Trinajstić information content (AvgIpc) is 2.15. The molecule has 0 spiro atoms. The van der Waals surface area contributed by atoms with Crippen molar-refractivity contribution in [3.05, 3.63) is 12.7 Å². The number of nitrogens with two attached hydrogens (primary N) is 1. The van der Waals surface area contributed by atoms with Crippen molar-refractivity contribution in [2.75, 3.05) is 0 Å². The van der Waals surface area contributed by atoms with Gasteiger partial charge < -0.3 is 5.73 Å². The molecule has 0 aromatic carbocycles. The van der Waals surface area contributed by atoms with E-state index in [-0.39, 0.29) is 6.04 Å². The SMILES string of the molecule is CC(N)Cn1cncn1. The minimum atomic E-state index is 0.145. The van der Waals surface area contributed by atoms with Crippen molar-refractivity contribution in [1.82, 2.24) is 14.8 Å². The molecule has 0 aliphatic heterocycles. The van der Waals surface area contributed by atoms with E-state index in [2.05, 4.69) is 10.1 Å². The van der Waals surface area contributed by atoms with Crippen LogP contribution >= 0.6 is 0 Å². The quantitative estimate of drug-likeness (QED) is 0.588. The zero-order chi connectivity index (χ0) is 6.69. The summed E-state index contributed by atoms with van der Waals surface area (Å²) in [4.78, 5) is 3.77. The van der Waals surface area contributed by atoms with Gasteiger partial charge in [0.2, 0.25) is 0 Å². The van der Waals surface area contributed by atoms with Crippen LogP contribution in [0.15, 0.2) is 12.7 Å². The minimum Gasteiger partial charge on any atom is -0.326 e. The lowest BCUT2D eigenvalue weighted by atomic mass is 10.4. The molecule has 0 fully saturated rings. The number of nitrogens with zero attached hydrogens (tertiary/aromatic N) is 3. The van der Waals surface area contributed by atoms with E-state index < -0.39 is 0 Å². The highest BCUT2D eigenvalue weighted by atomic mass is 15.3. The van der Waals surface area contributed by atoms with Gasteiger partial charge in [-0.05, 0) is 6.92 Å². The van der Waals surface area contributed by atoms with Gasteiger partial charge in [0, 0.05) is 6.04 Å². The summed E-state index contributed by atoms with van der Waals surface area (Å²) in [6, 6.07) is 0.145. The van der Waals surface area contributed by atoms with Crippen LogP contribution in [0.25, 0.3) is 0 Å². The predicted octanol–water partition coefficient (Wildman–Crippen LogP) is -0.375. The summed E-state index contributed by atoms with van der Waals surface area (Å²) in [5, 5.41) is 3.88. The molecule has 0 aliphatic carbocycles. The Hall–Kier alpha value is -0.900. The molecule has 0 saturated carbocycles. The molecule has 0 radical (unpaired) electrons. The Morgan fingerprint density at radius 3 is 3.00 bits per heavy atom. The summed E-state index contributed by atoms with van der Waals surface area (Å²) >= 11 is 0. The summed E-state index contributed by atoms with van der Waals surface area (Å²) in [6.07, 6.45) is 3.16.